The molecule has 0 bridgehead atoms. The van der Waals surface area contributed by atoms with Crippen molar-refractivity contribution in [2.45, 2.75) is 33.1 Å². The molecule has 1 rings (SSSR count). The minimum Gasteiger partial charge on any atom is -0.481 e. The van der Waals surface area contributed by atoms with Crippen molar-refractivity contribution in [3.05, 3.63) is 0 Å². The highest BCUT2D eigenvalue weighted by Gasteiger charge is 2.41. The Kier molecular flexibility index (Phi) is 2.96. The molecule has 1 fully saturated rings. The molecule has 1 aliphatic carbocycles. The van der Waals surface area contributed by atoms with Crippen LogP contribution in [0.2, 0.25) is 0 Å². The number of carbonyl (C=O) groups is 1. The maximum atomic E-state index is 10.7. The lowest BCUT2D eigenvalue weighted by Gasteiger charge is -2.25. The van der Waals surface area contributed by atoms with Crippen molar-refractivity contribution in [3.8, 4) is 0 Å². The summed E-state index contributed by atoms with van der Waals surface area (Å²) in [5.74, 6) is 0.512. The molecule has 76 valence electrons. The van der Waals surface area contributed by atoms with E-state index >= 15 is 0 Å². The molecule has 3 N–H and O–H groups in total. The third-order valence-corrected chi connectivity index (χ3v) is 3.44. The highest BCUT2D eigenvalue weighted by Crippen LogP contribution is 2.46. The second kappa shape index (κ2) is 3.66. The number of rotatable bonds is 3. The Hall–Kier alpha value is -0.570. The zero-order valence-corrected chi connectivity index (χ0v) is 8.42. The number of hydrogen-bond acceptors (Lipinski definition) is 2. The molecule has 0 aliphatic heterocycles. The summed E-state index contributed by atoms with van der Waals surface area (Å²) in [7, 11) is 0. The second-order valence-corrected chi connectivity index (χ2v) is 4.64. The summed E-state index contributed by atoms with van der Waals surface area (Å²) in [5.41, 5.74) is 5.56. The molecule has 2 atom stereocenters. The summed E-state index contributed by atoms with van der Waals surface area (Å²) in [4.78, 5) is 10.7. The van der Waals surface area contributed by atoms with Gasteiger partial charge in [0.05, 0.1) is 6.42 Å². The molecule has 0 radical (unpaired) electrons. The number of hydrogen-bond donors (Lipinski definition) is 2. The Bertz CT molecular complexity index is 193. The average molecular weight is 185 g/mol. The number of aliphatic carboxylic acids is 1. The molecule has 13 heavy (non-hydrogen) atoms. The summed E-state index contributed by atoms with van der Waals surface area (Å²) in [5, 5.41) is 8.79. The monoisotopic (exact) mass is 185 g/mol. The lowest BCUT2D eigenvalue weighted by molar-refractivity contribution is -0.139. The van der Waals surface area contributed by atoms with Gasteiger partial charge in [-0.3, -0.25) is 4.79 Å². The largest absolute Gasteiger partial charge is 0.481 e. The van der Waals surface area contributed by atoms with Crippen LogP contribution in [-0.2, 0) is 4.79 Å². The average Bonchev–Trinajstić information content (AvgIpc) is 2.27. The maximum Gasteiger partial charge on any atom is 0.303 e. The van der Waals surface area contributed by atoms with Crippen molar-refractivity contribution >= 4 is 5.97 Å². The van der Waals surface area contributed by atoms with E-state index in [1.807, 2.05) is 0 Å². The zero-order valence-electron chi connectivity index (χ0n) is 8.42. The number of carboxylic acids is 1. The van der Waals surface area contributed by atoms with Crippen LogP contribution in [0.25, 0.3) is 0 Å². The standard InChI is InChI=1S/C10H19NO2/c1-7-3-10(6-11,4-8(7)2)5-9(12)13/h7-8H,3-6,11H2,1-2H3,(H,12,13)/t7-,8-/m0/s1. The fourth-order valence-electron chi connectivity index (χ4n) is 2.56. The molecular weight excluding hydrogens is 166 g/mol. The van der Waals surface area contributed by atoms with E-state index in [0.29, 0.717) is 18.4 Å². The van der Waals surface area contributed by atoms with Crippen molar-refractivity contribution in [1.82, 2.24) is 0 Å². The van der Waals surface area contributed by atoms with Crippen LogP contribution in [0.1, 0.15) is 33.1 Å². The van der Waals surface area contributed by atoms with Gasteiger partial charge in [0, 0.05) is 0 Å². The van der Waals surface area contributed by atoms with E-state index in [4.69, 9.17) is 10.8 Å². The molecule has 0 unspecified atom stereocenters. The van der Waals surface area contributed by atoms with Crippen LogP contribution in [0.15, 0.2) is 0 Å². The molecule has 0 saturated heterocycles. The third kappa shape index (κ3) is 2.21. The van der Waals surface area contributed by atoms with E-state index in [1.165, 1.54) is 0 Å². The molecule has 0 aromatic rings. The van der Waals surface area contributed by atoms with Gasteiger partial charge >= 0.3 is 5.97 Å². The van der Waals surface area contributed by atoms with Crippen molar-refractivity contribution in [1.29, 1.82) is 0 Å². The predicted molar refractivity (Wildman–Crippen MR) is 51.3 cm³/mol. The Morgan fingerprint density at radius 2 is 1.92 bits per heavy atom. The quantitative estimate of drug-likeness (QED) is 0.700. The van der Waals surface area contributed by atoms with Gasteiger partial charge in [-0.05, 0) is 36.6 Å². The summed E-state index contributed by atoms with van der Waals surface area (Å²) in [6.45, 7) is 4.88. The number of nitrogens with two attached hydrogens (primary N) is 1. The van der Waals surface area contributed by atoms with E-state index < -0.39 is 5.97 Å². The van der Waals surface area contributed by atoms with Gasteiger partial charge in [-0.2, -0.15) is 0 Å². The minimum absolute atomic E-state index is 0.120. The van der Waals surface area contributed by atoms with Gasteiger partial charge in [0.1, 0.15) is 0 Å². The highest BCUT2D eigenvalue weighted by molar-refractivity contribution is 5.67. The number of carboxylic acid groups (broad SMARTS) is 1. The van der Waals surface area contributed by atoms with Crippen LogP contribution in [0.4, 0.5) is 0 Å². The smallest absolute Gasteiger partial charge is 0.303 e. The first-order valence-electron chi connectivity index (χ1n) is 4.91. The van der Waals surface area contributed by atoms with Crippen LogP contribution < -0.4 is 5.73 Å². The van der Waals surface area contributed by atoms with Crippen LogP contribution in [-0.4, -0.2) is 17.6 Å². The van der Waals surface area contributed by atoms with E-state index in [9.17, 15) is 4.79 Å². The molecule has 0 aromatic carbocycles. The van der Waals surface area contributed by atoms with E-state index in [2.05, 4.69) is 13.8 Å². The van der Waals surface area contributed by atoms with Gasteiger partial charge in [0.25, 0.3) is 0 Å². The first kappa shape index (κ1) is 10.5. The van der Waals surface area contributed by atoms with Crippen LogP contribution in [0.3, 0.4) is 0 Å². The Labute approximate surface area is 79.3 Å². The van der Waals surface area contributed by atoms with E-state index in [1.54, 1.807) is 0 Å². The Balaban J connectivity index is 2.67. The van der Waals surface area contributed by atoms with Crippen LogP contribution >= 0.6 is 0 Å². The maximum absolute atomic E-state index is 10.7. The molecule has 0 heterocycles. The summed E-state index contributed by atoms with van der Waals surface area (Å²) in [6.07, 6.45) is 2.17. The van der Waals surface area contributed by atoms with Crippen LogP contribution in [0.5, 0.6) is 0 Å². The predicted octanol–water partition coefficient (Wildman–Crippen LogP) is 1.47. The fraction of sp³-hybridized carbons (Fsp3) is 0.900. The fourth-order valence-corrected chi connectivity index (χ4v) is 2.56. The molecule has 1 aliphatic rings. The second-order valence-electron chi connectivity index (χ2n) is 4.64. The molecule has 0 spiro atoms. The topological polar surface area (TPSA) is 63.3 Å². The SMILES string of the molecule is C[C@H]1CC(CN)(CC(=O)O)C[C@@H]1C. The Morgan fingerprint density at radius 1 is 1.46 bits per heavy atom. The van der Waals surface area contributed by atoms with Crippen LogP contribution in [0, 0.1) is 17.3 Å². The van der Waals surface area contributed by atoms with Gasteiger partial charge in [-0.1, -0.05) is 13.8 Å². The molecule has 0 amide bonds. The first-order chi connectivity index (χ1) is 5.99. The normalized spacial score (nSPS) is 31.9. The van der Waals surface area contributed by atoms with Gasteiger partial charge in [0.15, 0.2) is 0 Å². The van der Waals surface area contributed by atoms with Gasteiger partial charge in [-0.15, -0.1) is 0 Å². The third-order valence-electron chi connectivity index (χ3n) is 3.44. The minimum atomic E-state index is -0.716. The van der Waals surface area contributed by atoms with Crippen molar-refractivity contribution in [2.75, 3.05) is 6.54 Å². The molecule has 3 heteroatoms. The van der Waals surface area contributed by atoms with E-state index in [0.717, 1.165) is 12.8 Å². The van der Waals surface area contributed by atoms with Gasteiger partial charge < -0.3 is 10.8 Å². The lowest BCUT2D eigenvalue weighted by atomic mass is 9.82. The summed E-state index contributed by atoms with van der Waals surface area (Å²) >= 11 is 0. The van der Waals surface area contributed by atoms with Crippen molar-refractivity contribution in [2.24, 2.45) is 23.0 Å². The molecule has 1 saturated carbocycles. The van der Waals surface area contributed by atoms with Gasteiger partial charge in [0.2, 0.25) is 0 Å². The molecular formula is C10H19NO2. The summed E-state index contributed by atoms with van der Waals surface area (Å²) in [6, 6.07) is 0. The van der Waals surface area contributed by atoms with Crippen molar-refractivity contribution in [3.63, 3.8) is 0 Å². The lowest BCUT2D eigenvalue weighted by Crippen LogP contribution is -2.30. The first-order valence-corrected chi connectivity index (χ1v) is 4.91. The van der Waals surface area contributed by atoms with Crippen molar-refractivity contribution < 1.29 is 9.90 Å². The van der Waals surface area contributed by atoms with E-state index in [-0.39, 0.29) is 11.8 Å². The Morgan fingerprint density at radius 3 is 2.23 bits per heavy atom. The zero-order chi connectivity index (χ0) is 10.1. The highest BCUT2D eigenvalue weighted by atomic mass is 16.4. The molecule has 0 aromatic heterocycles. The van der Waals surface area contributed by atoms with Gasteiger partial charge in [-0.25, -0.2) is 0 Å². The summed E-state index contributed by atoms with van der Waals surface area (Å²) < 4.78 is 0. The molecule has 3 nitrogen and oxygen atoms in total.